The van der Waals surface area contributed by atoms with Crippen LogP contribution < -0.4 is 5.32 Å². The van der Waals surface area contributed by atoms with Gasteiger partial charge in [0.05, 0.1) is 11.5 Å². The van der Waals surface area contributed by atoms with Gasteiger partial charge in [-0.15, -0.1) is 0 Å². The van der Waals surface area contributed by atoms with Crippen LogP contribution in [0.3, 0.4) is 0 Å². The van der Waals surface area contributed by atoms with Gasteiger partial charge in [0.1, 0.15) is 5.69 Å². The van der Waals surface area contributed by atoms with E-state index in [4.69, 9.17) is 4.74 Å². The van der Waals surface area contributed by atoms with Crippen LogP contribution in [-0.4, -0.2) is 49.6 Å². The molecule has 0 heterocycles. The van der Waals surface area contributed by atoms with Gasteiger partial charge in [-0.05, 0) is 18.6 Å². The molecule has 1 aromatic rings. The Kier molecular flexibility index (Phi) is 6.10. The number of ether oxygens (including phenoxy) is 1. The van der Waals surface area contributed by atoms with E-state index in [-0.39, 0.29) is 17.6 Å². The van der Waals surface area contributed by atoms with Gasteiger partial charge in [-0.25, -0.2) is 0 Å². The molecule has 7 heteroatoms. The van der Waals surface area contributed by atoms with Crippen molar-refractivity contribution in [3.8, 4) is 0 Å². The number of rotatable bonds is 7. The number of nitro groups is 1. The number of anilines is 1. The Hall–Kier alpha value is -2.15. The van der Waals surface area contributed by atoms with Gasteiger partial charge in [0.15, 0.2) is 0 Å². The van der Waals surface area contributed by atoms with Crippen LogP contribution in [0, 0.1) is 10.1 Å². The number of carbonyl (C=O) groups excluding carboxylic acids is 1. The van der Waals surface area contributed by atoms with E-state index < -0.39 is 4.92 Å². The predicted molar refractivity (Wildman–Crippen MR) is 80.7 cm³/mol. The summed E-state index contributed by atoms with van der Waals surface area (Å²) in [6.07, 6.45) is 0.747. The van der Waals surface area contributed by atoms with E-state index in [0.29, 0.717) is 17.9 Å². The Bertz CT molecular complexity index is 517. The Balaban J connectivity index is 3.15. The molecular weight excluding hydrogens is 274 g/mol. The second-order valence-electron chi connectivity index (χ2n) is 4.89. The Morgan fingerprint density at radius 1 is 1.48 bits per heavy atom. The zero-order valence-corrected chi connectivity index (χ0v) is 12.8. The molecule has 116 valence electrons. The number of nitro benzene ring substituents is 1. The maximum absolute atomic E-state index is 12.0. The van der Waals surface area contributed by atoms with Gasteiger partial charge < -0.3 is 15.0 Å². The maximum Gasteiger partial charge on any atom is 0.292 e. The molecule has 1 N–H and O–H groups in total. The second kappa shape index (κ2) is 7.58. The lowest BCUT2D eigenvalue weighted by molar-refractivity contribution is -0.384. The minimum atomic E-state index is -0.466. The molecule has 21 heavy (non-hydrogen) atoms. The fraction of sp³-hybridized carbons (Fsp3) is 0.500. The van der Waals surface area contributed by atoms with Crippen LogP contribution in [-0.2, 0) is 4.74 Å². The van der Waals surface area contributed by atoms with Crippen molar-refractivity contribution in [1.29, 1.82) is 0 Å². The van der Waals surface area contributed by atoms with Crippen molar-refractivity contribution in [1.82, 2.24) is 4.90 Å². The van der Waals surface area contributed by atoms with E-state index in [1.807, 2.05) is 6.92 Å². The lowest BCUT2D eigenvalue weighted by Crippen LogP contribution is -2.25. The summed E-state index contributed by atoms with van der Waals surface area (Å²) < 4.78 is 5.08. The standard InChI is InChI=1S/C14H21N3O4/c1-5-11(9-21-4)15-12-8-10(14(18)16(2)3)6-7-13(12)17(19)20/h6-8,11,15H,5,9H2,1-4H3. The summed E-state index contributed by atoms with van der Waals surface area (Å²) in [7, 11) is 4.85. The molecule has 1 amide bonds. The fourth-order valence-electron chi connectivity index (χ4n) is 1.88. The molecule has 7 nitrogen and oxygen atoms in total. The van der Waals surface area contributed by atoms with Gasteiger partial charge >= 0.3 is 0 Å². The first kappa shape index (κ1) is 16.9. The molecule has 0 saturated heterocycles. The highest BCUT2D eigenvalue weighted by Crippen LogP contribution is 2.27. The van der Waals surface area contributed by atoms with E-state index in [1.165, 1.54) is 23.1 Å². The summed E-state index contributed by atoms with van der Waals surface area (Å²) in [5.74, 6) is -0.201. The van der Waals surface area contributed by atoms with Crippen LogP contribution in [0.15, 0.2) is 18.2 Å². The quantitative estimate of drug-likeness (QED) is 0.615. The molecule has 1 aromatic carbocycles. The number of methoxy groups -OCH3 is 1. The van der Waals surface area contributed by atoms with Crippen LogP contribution in [0.5, 0.6) is 0 Å². The molecular formula is C14H21N3O4. The molecule has 0 aliphatic rings. The number of nitrogens with one attached hydrogen (secondary N) is 1. The third-order valence-electron chi connectivity index (χ3n) is 3.07. The smallest absolute Gasteiger partial charge is 0.292 e. The highest BCUT2D eigenvalue weighted by molar-refractivity contribution is 5.95. The molecule has 0 spiro atoms. The van der Waals surface area contributed by atoms with Crippen LogP contribution >= 0.6 is 0 Å². The number of amides is 1. The number of carbonyl (C=O) groups is 1. The van der Waals surface area contributed by atoms with E-state index in [2.05, 4.69) is 5.32 Å². The molecule has 1 atom stereocenters. The van der Waals surface area contributed by atoms with Gasteiger partial charge in [-0.1, -0.05) is 6.92 Å². The zero-order valence-electron chi connectivity index (χ0n) is 12.8. The molecule has 0 aliphatic carbocycles. The predicted octanol–water partition coefficient (Wildman–Crippen LogP) is 2.13. The Morgan fingerprint density at radius 2 is 2.14 bits per heavy atom. The number of hydrogen-bond acceptors (Lipinski definition) is 5. The summed E-state index contributed by atoms with van der Waals surface area (Å²) >= 11 is 0. The molecule has 0 aromatic heterocycles. The molecule has 0 saturated carbocycles. The molecule has 0 radical (unpaired) electrons. The first-order valence-electron chi connectivity index (χ1n) is 6.66. The van der Waals surface area contributed by atoms with E-state index in [1.54, 1.807) is 21.2 Å². The lowest BCUT2D eigenvalue weighted by atomic mass is 10.1. The normalized spacial score (nSPS) is 11.8. The Morgan fingerprint density at radius 3 is 2.62 bits per heavy atom. The summed E-state index contributed by atoms with van der Waals surface area (Å²) in [5.41, 5.74) is 0.678. The molecule has 1 rings (SSSR count). The second-order valence-corrected chi connectivity index (χ2v) is 4.89. The van der Waals surface area contributed by atoms with Crippen LogP contribution in [0.4, 0.5) is 11.4 Å². The van der Waals surface area contributed by atoms with Crippen molar-refractivity contribution >= 4 is 17.3 Å². The molecule has 0 fully saturated rings. The average Bonchev–Trinajstić information content (AvgIpc) is 2.45. The molecule has 1 unspecified atom stereocenters. The van der Waals surface area contributed by atoms with E-state index >= 15 is 0 Å². The van der Waals surface area contributed by atoms with Crippen molar-refractivity contribution in [3.05, 3.63) is 33.9 Å². The minimum Gasteiger partial charge on any atom is -0.383 e. The number of hydrogen-bond donors (Lipinski definition) is 1. The van der Waals surface area contributed by atoms with Gasteiger partial charge in [-0.2, -0.15) is 0 Å². The number of nitrogens with zero attached hydrogens (tertiary/aromatic N) is 2. The molecule has 0 aliphatic heterocycles. The van der Waals surface area contributed by atoms with Crippen LogP contribution in [0.2, 0.25) is 0 Å². The summed E-state index contributed by atoms with van der Waals surface area (Å²) in [5, 5.41) is 14.2. The van der Waals surface area contributed by atoms with Crippen molar-refractivity contribution in [3.63, 3.8) is 0 Å². The van der Waals surface area contributed by atoms with Crippen LogP contribution in [0.1, 0.15) is 23.7 Å². The van der Waals surface area contributed by atoms with Gasteiger partial charge in [0.2, 0.25) is 0 Å². The average molecular weight is 295 g/mol. The SMILES string of the molecule is CCC(COC)Nc1cc(C(=O)N(C)C)ccc1[N+](=O)[O-]. The van der Waals surface area contributed by atoms with Crippen LogP contribution in [0.25, 0.3) is 0 Å². The minimum absolute atomic E-state index is 0.0557. The molecule has 0 bridgehead atoms. The van der Waals surface area contributed by atoms with Gasteiger partial charge in [0, 0.05) is 38.9 Å². The third kappa shape index (κ3) is 4.42. The number of benzene rings is 1. The maximum atomic E-state index is 12.0. The summed E-state index contributed by atoms with van der Waals surface area (Å²) in [4.78, 5) is 24.0. The van der Waals surface area contributed by atoms with Crippen molar-refractivity contribution in [2.45, 2.75) is 19.4 Å². The van der Waals surface area contributed by atoms with Crippen molar-refractivity contribution in [2.24, 2.45) is 0 Å². The lowest BCUT2D eigenvalue weighted by Gasteiger charge is -2.18. The largest absolute Gasteiger partial charge is 0.383 e. The first-order chi connectivity index (χ1) is 9.90. The first-order valence-corrected chi connectivity index (χ1v) is 6.66. The summed E-state index contributed by atoms with van der Waals surface area (Å²) in [6.45, 7) is 2.39. The van der Waals surface area contributed by atoms with Crippen molar-refractivity contribution in [2.75, 3.05) is 33.1 Å². The third-order valence-corrected chi connectivity index (χ3v) is 3.07. The van der Waals surface area contributed by atoms with Gasteiger partial charge in [0.25, 0.3) is 11.6 Å². The zero-order chi connectivity index (χ0) is 16.0. The van der Waals surface area contributed by atoms with E-state index in [9.17, 15) is 14.9 Å². The fourth-order valence-corrected chi connectivity index (χ4v) is 1.88. The van der Waals surface area contributed by atoms with E-state index in [0.717, 1.165) is 6.42 Å². The highest BCUT2D eigenvalue weighted by atomic mass is 16.6. The monoisotopic (exact) mass is 295 g/mol. The van der Waals surface area contributed by atoms with Crippen molar-refractivity contribution < 1.29 is 14.5 Å². The van der Waals surface area contributed by atoms with Gasteiger partial charge in [-0.3, -0.25) is 14.9 Å². The highest BCUT2D eigenvalue weighted by Gasteiger charge is 2.19. The topological polar surface area (TPSA) is 84.7 Å². The Labute approximate surface area is 124 Å². The summed E-state index contributed by atoms with van der Waals surface area (Å²) in [6, 6.07) is 4.26.